The van der Waals surface area contributed by atoms with E-state index in [9.17, 15) is 0 Å². The highest BCUT2D eigenvalue weighted by Crippen LogP contribution is 2.44. The van der Waals surface area contributed by atoms with Crippen molar-refractivity contribution in [3.63, 3.8) is 0 Å². The van der Waals surface area contributed by atoms with Gasteiger partial charge in [0.1, 0.15) is 11.2 Å². The molecule has 0 unspecified atom stereocenters. The number of benzene rings is 10. The number of nitrogens with zero attached hydrogens (tertiary/aromatic N) is 2. The number of fused-ring (bicyclic) bond motifs is 7. The average molecular weight is 779 g/mol. The second-order valence-electron chi connectivity index (χ2n) is 15.7. The minimum absolute atomic E-state index is 0.892. The van der Waals surface area contributed by atoms with Gasteiger partial charge in [-0.15, -0.1) is 0 Å². The molecule has 0 radical (unpaired) electrons. The maximum atomic E-state index is 6.28. The van der Waals surface area contributed by atoms with Crippen molar-refractivity contribution in [2.45, 2.75) is 0 Å². The summed E-state index contributed by atoms with van der Waals surface area (Å²) in [4.78, 5) is 2.36. The Morgan fingerprint density at radius 3 is 1.59 bits per heavy atom. The van der Waals surface area contributed by atoms with Gasteiger partial charge in [-0.05, 0) is 130 Å². The molecular formula is C58H38N2O. The Morgan fingerprint density at radius 1 is 0.311 bits per heavy atom. The van der Waals surface area contributed by atoms with Crippen LogP contribution in [0, 0.1) is 0 Å². The molecule has 10 aromatic carbocycles. The number of anilines is 3. The Bertz CT molecular complexity index is 3540. The SMILES string of the molecule is c1ccc(N(c2ccccc2)c2ccc(-c3cc(-c4ccc5oc6ccccc6c5c4)cc(-c4ccc5c6ccccc6n(-c6ccccc6)c5c4)c3)c3ccccc23)cc1. The summed E-state index contributed by atoms with van der Waals surface area (Å²) in [5, 5.41) is 7.09. The maximum Gasteiger partial charge on any atom is 0.135 e. The van der Waals surface area contributed by atoms with Crippen molar-refractivity contribution in [3.8, 4) is 39.1 Å². The van der Waals surface area contributed by atoms with E-state index in [1.807, 2.05) is 12.1 Å². The van der Waals surface area contributed by atoms with E-state index in [0.29, 0.717) is 0 Å². The maximum absolute atomic E-state index is 6.28. The molecule has 0 atom stereocenters. The van der Waals surface area contributed by atoms with Crippen LogP contribution in [0.1, 0.15) is 0 Å². The Labute approximate surface area is 353 Å². The van der Waals surface area contributed by atoms with Gasteiger partial charge in [0.15, 0.2) is 0 Å². The molecule has 0 spiro atoms. The Balaban J connectivity index is 1.09. The molecule has 0 saturated heterocycles. The molecule has 12 rings (SSSR count). The molecule has 0 saturated carbocycles. The van der Waals surface area contributed by atoms with E-state index in [2.05, 4.69) is 228 Å². The van der Waals surface area contributed by atoms with Crippen molar-refractivity contribution in [2.75, 3.05) is 4.90 Å². The Hall–Kier alpha value is -8.14. The molecule has 0 fully saturated rings. The number of rotatable bonds is 7. The van der Waals surface area contributed by atoms with Crippen LogP contribution in [-0.4, -0.2) is 4.57 Å². The first-order chi connectivity index (χ1) is 30.2. The van der Waals surface area contributed by atoms with Gasteiger partial charge < -0.3 is 13.9 Å². The molecule has 286 valence electrons. The van der Waals surface area contributed by atoms with Crippen LogP contribution in [0.2, 0.25) is 0 Å². The summed E-state index contributed by atoms with van der Waals surface area (Å²) in [6.07, 6.45) is 0. The highest BCUT2D eigenvalue weighted by atomic mass is 16.3. The van der Waals surface area contributed by atoms with Gasteiger partial charge in [0, 0.05) is 44.0 Å². The van der Waals surface area contributed by atoms with Crippen LogP contribution < -0.4 is 4.90 Å². The van der Waals surface area contributed by atoms with Crippen LogP contribution in [0.15, 0.2) is 235 Å². The zero-order chi connectivity index (χ0) is 40.3. The normalized spacial score (nSPS) is 11.6. The first-order valence-corrected chi connectivity index (χ1v) is 20.8. The fourth-order valence-electron chi connectivity index (χ4n) is 9.34. The zero-order valence-electron chi connectivity index (χ0n) is 33.2. The molecule has 0 aliphatic carbocycles. The van der Waals surface area contributed by atoms with Gasteiger partial charge in [-0.25, -0.2) is 0 Å². The molecule has 2 heterocycles. The molecule has 0 bridgehead atoms. The van der Waals surface area contributed by atoms with E-state index < -0.39 is 0 Å². The van der Waals surface area contributed by atoms with Crippen LogP contribution >= 0.6 is 0 Å². The fraction of sp³-hybridized carbons (Fsp3) is 0. The second-order valence-corrected chi connectivity index (χ2v) is 15.7. The summed E-state index contributed by atoms with van der Waals surface area (Å²) in [6.45, 7) is 0. The summed E-state index contributed by atoms with van der Waals surface area (Å²) in [5.74, 6) is 0. The molecule has 2 aromatic heterocycles. The average Bonchev–Trinajstić information content (AvgIpc) is 3.87. The summed E-state index contributed by atoms with van der Waals surface area (Å²) >= 11 is 0. The molecule has 3 heteroatoms. The predicted molar refractivity (Wildman–Crippen MR) is 257 cm³/mol. The number of furan rings is 1. The standard InChI is InChI=1S/C58H38N2O/c1-4-16-44(17-5-1)59(45-18-6-2-7-19-45)55-32-31-47(48-22-10-11-23-49(48)55)43-35-41(39-29-33-58-53(37-39)52-25-13-15-27-57(52)61-58)34-42(36-43)40-28-30-51-50-24-12-14-26-54(50)60(56(51)38-40)46-20-8-3-9-21-46/h1-38H. The highest BCUT2D eigenvalue weighted by Gasteiger charge is 2.19. The Morgan fingerprint density at radius 2 is 0.852 bits per heavy atom. The molecule has 0 aliphatic rings. The lowest BCUT2D eigenvalue weighted by Gasteiger charge is -2.27. The van der Waals surface area contributed by atoms with Crippen molar-refractivity contribution in [1.29, 1.82) is 0 Å². The van der Waals surface area contributed by atoms with E-state index in [-0.39, 0.29) is 0 Å². The van der Waals surface area contributed by atoms with Gasteiger partial charge in [0.05, 0.1) is 16.7 Å². The van der Waals surface area contributed by atoms with Gasteiger partial charge in [0.25, 0.3) is 0 Å². The van der Waals surface area contributed by atoms with Crippen molar-refractivity contribution in [1.82, 2.24) is 4.57 Å². The van der Waals surface area contributed by atoms with Crippen molar-refractivity contribution in [2.24, 2.45) is 0 Å². The quantitative estimate of drug-likeness (QED) is 0.161. The van der Waals surface area contributed by atoms with E-state index >= 15 is 0 Å². The third kappa shape index (κ3) is 5.90. The lowest BCUT2D eigenvalue weighted by atomic mass is 9.90. The number of hydrogen-bond acceptors (Lipinski definition) is 2. The van der Waals surface area contributed by atoms with Gasteiger partial charge in [-0.3, -0.25) is 0 Å². The van der Waals surface area contributed by atoms with E-state index in [4.69, 9.17) is 4.42 Å². The van der Waals surface area contributed by atoms with Crippen molar-refractivity contribution < 1.29 is 4.42 Å². The van der Waals surface area contributed by atoms with Crippen LogP contribution in [0.3, 0.4) is 0 Å². The molecule has 61 heavy (non-hydrogen) atoms. The highest BCUT2D eigenvalue weighted by molar-refractivity contribution is 6.11. The number of para-hydroxylation sites is 5. The van der Waals surface area contributed by atoms with E-state index in [1.54, 1.807) is 0 Å². The number of aromatic nitrogens is 1. The smallest absolute Gasteiger partial charge is 0.135 e. The summed E-state index contributed by atoms with van der Waals surface area (Å²) in [6, 6.07) is 83.1. The summed E-state index contributed by atoms with van der Waals surface area (Å²) in [7, 11) is 0. The lowest BCUT2D eigenvalue weighted by Crippen LogP contribution is -2.10. The first kappa shape index (κ1) is 34.9. The molecule has 0 N–H and O–H groups in total. The predicted octanol–water partition coefficient (Wildman–Crippen LogP) is 16.3. The molecule has 0 aliphatic heterocycles. The van der Waals surface area contributed by atoms with Gasteiger partial charge >= 0.3 is 0 Å². The molecular weight excluding hydrogens is 741 g/mol. The van der Waals surface area contributed by atoms with Crippen LogP contribution in [0.5, 0.6) is 0 Å². The zero-order valence-corrected chi connectivity index (χ0v) is 33.2. The van der Waals surface area contributed by atoms with Crippen molar-refractivity contribution >= 4 is 71.6 Å². The van der Waals surface area contributed by atoms with Gasteiger partial charge in [-0.1, -0.05) is 140 Å². The summed E-state index contributed by atoms with van der Waals surface area (Å²) < 4.78 is 8.68. The summed E-state index contributed by atoms with van der Waals surface area (Å²) in [5.41, 5.74) is 15.6. The van der Waals surface area contributed by atoms with Gasteiger partial charge in [0.2, 0.25) is 0 Å². The molecule has 12 aromatic rings. The van der Waals surface area contributed by atoms with E-state index in [1.165, 1.54) is 38.1 Å². The third-order valence-corrected chi connectivity index (χ3v) is 12.1. The number of hydrogen-bond donors (Lipinski definition) is 0. The lowest BCUT2D eigenvalue weighted by molar-refractivity contribution is 0.669. The van der Waals surface area contributed by atoms with Gasteiger partial charge in [-0.2, -0.15) is 0 Å². The van der Waals surface area contributed by atoms with Crippen LogP contribution in [0.4, 0.5) is 17.1 Å². The third-order valence-electron chi connectivity index (χ3n) is 12.1. The fourth-order valence-corrected chi connectivity index (χ4v) is 9.34. The minimum atomic E-state index is 0.892. The van der Waals surface area contributed by atoms with Crippen LogP contribution in [0.25, 0.3) is 93.6 Å². The minimum Gasteiger partial charge on any atom is -0.456 e. The first-order valence-electron chi connectivity index (χ1n) is 20.8. The largest absolute Gasteiger partial charge is 0.456 e. The molecule has 0 amide bonds. The monoisotopic (exact) mass is 778 g/mol. The molecule has 3 nitrogen and oxygen atoms in total. The van der Waals surface area contributed by atoms with E-state index in [0.717, 1.165) is 72.5 Å². The van der Waals surface area contributed by atoms with Crippen molar-refractivity contribution in [3.05, 3.63) is 231 Å². The Kier molecular flexibility index (Phi) is 8.17. The topological polar surface area (TPSA) is 21.3 Å². The van der Waals surface area contributed by atoms with Crippen LogP contribution in [-0.2, 0) is 0 Å². The second kappa shape index (κ2) is 14.3.